The highest BCUT2D eigenvalue weighted by Gasteiger charge is 2.09. The van der Waals surface area contributed by atoms with Crippen LogP contribution < -0.4 is 4.74 Å². The fraction of sp³-hybridized carbons (Fsp3) is 0.364. The molecule has 138 valence electrons. The zero-order chi connectivity index (χ0) is 19.1. The second kappa shape index (κ2) is 9.33. The van der Waals surface area contributed by atoms with Crippen LogP contribution in [0.15, 0.2) is 24.3 Å². The maximum atomic E-state index is 13.3. The van der Waals surface area contributed by atoms with Crippen molar-refractivity contribution in [3.8, 4) is 17.6 Å². The van der Waals surface area contributed by atoms with Crippen molar-refractivity contribution in [2.45, 2.75) is 46.5 Å². The fourth-order valence-electron chi connectivity index (χ4n) is 2.69. The third-order valence-electron chi connectivity index (χ3n) is 4.09. The van der Waals surface area contributed by atoms with Gasteiger partial charge in [-0.3, -0.25) is 0 Å². The molecule has 0 aliphatic rings. The topological polar surface area (TPSA) is 9.23 Å². The molecule has 2 aromatic rings. The maximum Gasteiger partial charge on any atom is 0.194 e. The number of halogens is 3. The zero-order valence-electron chi connectivity index (χ0n) is 15.4. The number of hydrogen-bond donors (Lipinski definition) is 0. The molecule has 0 aliphatic carbocycles. The zero-order valence-corrected chi connectivity index (χ0v) is 15.4. The van der Waals surface area contributed by atoms with Crippen molar-refractivity contribution in [3.63, 3.8) is 0 Å². The number of unbranched alkanes of at least 4 members (excludes halogenated alkanes) is 3. The van der Waals surface area contributed by atoms with Crippen LogP contribution in [0, 0.1) is 43.1 Å². The maximum absolute atomic E-state index is 13.3. The summed E-state index contributed by atoms with van der Waals surface area (Å²) in [5, 5.41) is 0. The summed E-state index contributed by atoms with van der Waals surface area (Å²) in [6.45, 7) is 6.67. The Labute approximate surface area is 153 Å². The Balaban J connectivity index is 2.14. The highest BCUT2D eigenvalue weighted by atomic mass is 19.2. The highest BCUT2D eigenvalue weighted by molar-refractivity contribution is 5.52. The monoisotopic (exact) mass is 360 g/mol. The fourth-order valence-corrected chi connectivity index (χ4v) is 2.69. The lowest BCUT2D eigenvalue weighted by atomic mass is 10.0. The standard InChI is InChI=1S/C22H23F3O/c1-4-5-6-7-10-26-18-11-15(2)19(16(3)12-18)9-8-17-13-20(23)22(25)21(24)14-17/h11-14H,4-7,10H2,1-3H3. The van der Waals surface area contributed by atoms with Gasteiger partial charge in [0.15, 0.2) is 17.5 Å². The van der Waals surface area contributed by atoms with Crippen LogP contribution in [-0.2, 0) is 0 Å². The van der Waals surface area contributed by atoms with E-state index in [-0.39, 0.29) is 5.56 Å². The average Bonchev–Trinajstić information content (AvgIpc) is 2.58. The third-order valence-corrected chi connectivity index (χ3v) is 4.09. The van der Waals surface area contributed by atoms with Crippen LogP contribution in [0.2, 0.25) is 0 Å². The van der Waals surface area contributed by atoms with E-state index in [4.69, 9.17) is 4.74 Å². The van der Waals surface area contributed by atoms with Gasteiger partial charge in [0.1, 0.15) is 5.75 Å². The van der Waals surface area contributed by atoms with Gasteiger partial charge in [-0.05, 0) is 55.7 Å². The van der Waals surface area contributed by atoms with Crippen molar-refractivity contribution in [1.29, 1.82) is 0 Å². The van der Waals surface area contributed by atoms with Gasteiger partial charge in [0.25, 0.3) is 0 Å². The molecule has 0 unspecified atom stereocenters. The Kier molecular flexibility index (Phi) is 7.15. The Morgan fingerprint density at radius 2 is 1.46 bits per heavy atom. The molecule has 0 heterocycles. The summed E-state index contributed by atoms with van der Waals surface area (Å²) in [6.07, 6.45) is 4.58. The SMILES string of the molecule is CCCCCCOc1cc(C)c(C#Cc2cc(F)c(F)c(F)c2)c(C)c1. The Morgan fingerprint density at radius 3 is 2.04 bits per heavy atom. The van der Waals surface area contributed by atoms with E-state index in [0.717, 1.165) is 47.4 Å². The Morgan fingerprint density at radius 1 is 0.846 bits per heavy atom. The van der Waals surface area contributed by atoms with Crippen molar-refractivity contribution >= 4 is 0 Å². The predicted molar refractivity (Wildman–Crippen MR) is 97.8 cm³/mol. The summed E-state index contributed by atoms with van der Waals surface area (Å²) in [6, 6.07) is 5.60. The second-order valence-electron chi connectivity index (χ2n) is 6.35. The van der Waals surface area contributed by atoms with Gasteiger partial charge in [0.05, 0.1) is 6.61 Å². The minimum Gasteiger partial charge on any atom is -0.494 e. The van der Waals surface area contributed by atoms with Gasteiger partial charge in [-0.1, -0.05) is 38.0 Å². The van der Waals surface area contributed by atoms with E-state index in [1.54, 1.807) is 0 Å². The molecule has 0 saturated carbocycles. The highest BCUT2D eigenvalue weighted by Crippen LogP contribution is 2.22. The molecule has 0 fully saturated rings. The lowest BCUT2D eigenvalue weighted by Crippen LogP contribution is -1.99. The molecule has 0 bridgehead atoms. The first kappa shape index (κ1) is 19.9. The van der Waals surface area contributed by atoms with Crippen LogP contribution in [0.1, 0.15) is 54.9 Å². The number of rotatable bonds is 6. The van der Waals surface area contributed by atoms with Crippen molar-refractivity contribution < 1.29 is 17.9 Å². The first-order chi connectivity index (χ1) is 12.4. The minimum absolute atomic E-state index is 0.0939. The molecule has 0 spiro atoms. The molecule has 4 heteroatoms. The largest absolute Gasteiger partial charge is 0.494 e. The Bertz CT molecular complexity index is 785. The van der Waals surface area contributed by atoms with E-state index >= 15 is 0 Å². The van der Waals surface area contributed by atoms with Gasteiger partial charge in [0, 0.05) is 11.1 Å². The van der Waals surface area contributed by atoms with Crippen LogP contribution in [0.3, 0.4) is 0 Å². The van der Waals surface area contributed by atoms with Gasteiger partial charge >= 0.3 is 0 Å². The molecule has 26 heavy (non-hydrogen) atoms. The molecule has 0 atom stereocenters. The predicted octanol–water partition coefficient (Wildman–Crippen LogP) is 6.08. The van der Waals surface area contributed by atoms with Crippen molar-refractivity contribution in [2.75, 3.05) is 6.61 Å². The molecule has 0 aliphatic heterocycles. The van der Waals surface area contributed by atoms with E-state index < -0.39 is 17.5 Å². The van der Waals surface area contributed by atoms with E-state index in [9.17, 15) is 13.2 Å². The van der Waals surface area contributed by atoms with Crippen molar-refractivity contribution in [1.82, 2.24) is 0 Å². The molecule has 0 saturated heterocycles. The van der Waals surface area contributed by atoms with E-state index in [0.29, 0.717) is 6.61 Å². The molecular formula is C22H23F3O. The van der Waals surface area contributed by atoms with E-state index in [2.05, 4.69) is 18.8 Å². The summed E-state index contributed by atoms with van der Waals surface area (Å²) >= 11 is 0. The van der Waals surface area contributed by atoms with Crippen LogP contribution in [0.5, 0.6) is 5.75 Å². The van der Waals surface area contributed by atoms with Crippen LogP contribution in [0.25, 0.3) is 0 Å². The number of hydrogen-bond acceptors (Lipinski definition) is 1. The van der Waals surface area contributed by atoms with Gasteiger partial charge in [-0.15, -0.1) is 0 Å². The third kappa shape index (κ3) is 5.29. The molecule has 0 amide bonds. The molecule has 0 radical (unpaired) electrons. The number of benzene rings is 2. The van der Waals surface area contributed by atoms with E-state index in [1.165, 1.54) is 12.8 Å². The number of aryl methyl sites for hydroxylation is 2. The summed E-state index contributed by atoms with van der Waals surface area (Å²) in [4.78, 5) is 0. The quantitative estimate of drug-likeness (QED) is 0.345. The van der Waals surface area contributed by atoms with Crippen LogP contribution in [0.4, 0.5) is 13.2 Å². The smallest absolute Gasteiger partial charge is 0.194 e. The van der Waals surface area contributed by atoms with Gasteiger partial charge in [-0.25, -0.2) is 13.2 Å². The van der Waals surface area contributed by atoms with E-state index in [1.807, 2.05) is 26.0 Å². The van der Waals surface area contributed by atoms with Crippen LogP contribution in [-0.4, -0.2) is 6.61 Å². The van der Waals surface area contributed by atoms with Gasteiger partial charge < -0.3 is 4.74 Å². The lowest BCUT2D eigenvalue weighted by Gasteiger charge is -2.10. The summed E-state index contributed by atoms with van der Waals surface area (Å²) < 4.78 is 45.3. The van der Waals surface area contributed by atoms with Crippen molar-refractivity contribution in [3.05, 3.63) is 64.0 Å². The molecule has 0 N–H and O–H groups in total. The second-order valence-corrected chi connectivity index (χ2v) is 6.35. The normalized spacial score (nSPS) is 10.4. The first-order valence-electron chi connectivity index (χ1n) is 8.83. The first-order valence-corrected chi connectivity index (χ1v) is 8.83. The van der Waals surface area contributed by atoms with Gasteiger partial charge in [-0.2, -0.15) is 0 Å². The summed E-state index contributed by atoms with van der Waals surface area (Å²) in [5.41, 5.74) is 2.71. The molecule has 2 rings (SSSR count). The summed E-state index contributed by atoms with van der Waals surface area (Å²) in [7, 11) is 0. The molecular weight excluding hydrogens is 337 g/mol. The number of ether oxygens (including phenoxy) is 1. The molecule has 1 nitrogen and oxygen atoms in total. The van der Waals surface area contributed by atoms with Crippen LogP contribution >= 0.6 is 0 Å². The lowest BCUT2D eigenvalue weighted by molar-refractivity contribution is 0.304. The van der Waals surface area contributed by atoms with Gasteiger partial charge in [0.2, 0.25) is 0 Å². The molecule has 2 aromatic carbocycles. The summed E-state index contributed by atoms with van der Waals surface area (Å²) in [5.74, 6) is 2.45. The average molecular weight is 360 g/mol. The Hall–Kier alpha value is -2.41. The minimum atomic E-state index is -1.48. The molecule has 0 aromatic heterocycles. The van der Waals surface area contributed by atoms with Crippen molar-refractivity contribution in [2.24, 2.45) is 0 Å².